The summed E-state index contributed by atoms with van der Waals surface area (Å²) in [5.74, 6) is -2.08. The Morgan fingerprint density at radius 2 is 2.00 bits per heavy atom. The van der Waals surface area contributed by atoms with Gasteiger partial charge in [0.1, 0.15) is 0 Å². The van der Waals surface area contributed by atoms with Crippen LogP contribution in [0.2, 0.25) is 0 Å². The van der Waals surface area contributed by atoms with E-state index < -0.39 is 27.5 Å². The monoisotopic (exact) mass is 275 g/mol. The second-order valence-corrected chi connectivity index (χ2v) is 6.94. The maximum atomic E-state index is 13.7. The van der Waals surface area contributed by atoms with Crippen LogP contribution in [-0.4, -0.2) is 26.5 Å². The first-order valence-corrected chi connectivity index (χ1v) is 7.59. The Balaban J connectivity index is 2.35. The Morgan fingerprint density at radius 1 is 1.28 bits per heavy atom. The van der Waals surface area contributed by atoms with Crippen LogP contribution in [0.5, 0.6) is 0 Å². The SMILES string of the molecule is CC1CNC(c2cccc(F)c2F)CS(=O)(=O)C1. The van der Waals surface area contributed by atoms with Gasteiger partial charge in [0.15, 0.2) is 21.5 Å². The van der Waals surface area contributed by atoms with Crippen LogP contribution in [0.4, 0.5) is 8.78 Å². The van der Waals surface area contributed by atoms with Crippen molar-refractivity contribution in [2.24, 2.45) is 5.92 Å². The molecule has 0 aromatic heterocycles. The average molecular weight is 275 g/mol. The molecular weight excluding hydrogens is 260 g/mol. The van der Waals surface area contributed by atoms with Crippen molar-refractivity contribution < 1.29 is 17.2 Å². The molecule has 6 heteroatoms. The van der Waals surface area contributed by atoms with E-state index in [0.29, 0.717) is 6.54 Å². The molecule has 2 atom stereocenters. The molecule has 1 N–H and O–H groups in total. The van der Waals surface area contributed by atoms with Gasteiger partial charge in [0.05, 0.1) is 11.5 Å². The van der Waals surface area contributed by atoms with E-state index in [1.807, 2.05) is 6.92 Å². The lowest BCUT2D eigenvalue weighted by molar-refractivity contribution is 0.464. The van der Waals surface area contributed by atoms with Crippen LogP contribution in [0.1, 0.15) is 18.5 Å². The fourth-order valence-corrected chi connectivity index (χ4v) is 4.13. The summed E-state index contributed by atoms with van der Waals surface area (Å²) < 4.78 is 50.4. The predicted molar refractivity (Wildman–Crippen MR) is 64.9 cm³/mol. The van der Waals surface area contributed by atoms with Gasteiger partial charge in [0.25, 0.3) is 0 Å². The smallest absolute Gasteiger partial charge is 0.163 e. The summed E-state index contributed by atoms with van der Waals surface area (Å²) >= 11 is 0. The minimum Gasteiger partial charge on any atom is -0.309 e. The first kappa shape index (κ1) is 13.4. The van der Waals surface area contributed by atoms with Crippen LogP contribution in [-0.2, 0) is 9.84 Å². The first-order chi connectivity index (χ1) is 8.39. The van der Waals surface area contributed by atoms with Crippen molar-refractivity contribution in [3.63, 3.8) is 0 Å². The predicted octanol–water partition coefficient (Wildman–Crippen LogP) is 1.66. The van der Waals surface area contributed by atoms with Crippen LogP contribution in [0.3, 0.4) is 0 Å². The molecule has 1 aliphatic heterocycles. The van der Waals surface area contributed by atoms with Crippen molar-refractivity contribution in [3.05, 3.63) is 35.4 Å². The van der Waals surface area contributed by atoms with Crippen LogP contribution in [0.15, 0.2) is 18.2 Å². The van der Waals surface area contributed by atoms with E-state index in [1.54, 1.807) is 0 Å². The summed E-state index contributed by atoms with van der Waals surface area (Å²) in [6.07, 6.45) is 0. The van der Waals surface area contributed by atoms with E-state index >= 15 is 0 Å². The molecule has 0 spiro atoms. The van der Waals surface area contributed by atoms with Gasteiger partial charge in [0, 0.05) is 11.6 Å². The summed E-state index contributed by atoms with van der Waals surface area (Å²) in [6, 6.07) is 3.14. The van der Waals surface area contributed by atoms with Gasteiger partial charge >= 0.3 is 0 Å². The van der Waals surface area contributed by atoms with Gasteiger partial charge in [-0.1, -0.05) is 19.1 Å². The number of halogens is 2. The molecule has 0 amide bonds. The third-order valence-electron chi connectivity index (χ3n) is 3.03. The Morgan fingerprint density at radius 3 is 2.72 bits per heavy atom. The van der Waals surface area contributed by atoms with Gasteiger partial charge < -0.3 is 5.32 Å². The summed E-state index contributed by atoms with van der Waals surface area (Å²) in [7, 11) is -3.25. The average Bonchev–Trinajstić information content (AvgIpc) is 2.40. The lowest BCUT2D eigenvalue weighted by Crippen LogP contribution is -2.27. The molecule has 0 aliphatic carbocycles. The summed E-state index contributed by atoms with van der Waals surface area (Å²) in [5.41, 5.74) is 0.0766. The highest BCUT2D eigenvalue weighted by molar-refractivity contribution is 7.91. The molecule has 3 nitrogen and oxygen atoms in total. The molecule has 1 aromatic carbocycles. The third-order valence-corrected chi connectivity index (χ3v) is 4.95. The fourth-order valence-electron chi connectivity index (χ4n) is 2.21. The van der Waals surface area contributed by atoms with Crippen molar-refractivity contribution in [3.8, 4) is 0 Å². The molecule has 1 saturated heterocycles. The number of hydrogen-bond donors (Lipinski definition) is 1. The molecule has 2 rings (SSSR count). The summed E-state index contributed by atoms with van der Waals surface area (Å²) in [5, 5.41) is 2.99. The Hall–Kier alpha value is -1.01. The zero-order valence-electron chi connectivity index (χ0n) is 9.99. The molecule has 100 valence electrons. The number of benzene rings is 1. The van der Waals surface area contributed by atoms with E-state index in [9.17, 15) is 17.2 Å². The van der Waals surface area contributed by atoms with Gasteiger partial charge in [-0.2, -0.15) is 0 Å². The normalized spacial score (nSPS) is 27.7. The molecule has 1 fully saturated rings. The van der Waals surface area contributed by atoms with Crippen molar-refractivity contribution in [1.82, 2.24) is 5.32 Å². The molecule has 2 unspecified atom stereocenters. The van der Waals surface area contributed by atoms with Crippen molar-refractivity contribution in [1.29, 1.82) is 0 Å². The molecular formula is C12H15F2NO2S. The lowest BCUT2D eigenvalue weighted by atomic mass is 10.1. The van der Waals surface area contributed by atoms with E-state index in [4.69, 9.17) is 0 Å². The molecule has 0 saturated carbocycles. The van der Waals surface area contributed by atoms with Gasteiger partial charge in [0.2, 0.25) is 0 Å². The van der Waals surface area contributed by atoms with E-state index in [2.05, 4.69) is 5.32 Å². The standard InChI is InChI=1S/C12H15F2NO2S/c1-8-5-15-11(7-18(16,17)6-8)9-3-2-4-10(13)12(9)14/h2-4,8,11,15H,5-7H2,1H3. The molecule has 0 bridgehead atoms. The molecule has 1 aliphatic rings. The zero-order valence-corrected chi connectivity index (χ0v) is 10.8. The maximum Gasteiger partial charge on any atom is 0.163 e. The number of rotatable bonds is 1. The second kappa shape index (κ2) is 4.93. The summed E-state index contributed by atoms with van der Waals surface area (Å²) in [6.45, 7) is 2.29. The van der Waals surface area contributed by atoms with E-state index in [1.165, 1.54) is 12.1 Å². The summed E-state index contributed by atoms with van der Waals surface area (Å²) in [4.78, 5) is 0. The number of sulfone groups is 1. The number of nitrogens with one attached hydrogen (secondary N) is 1. The number of hydrogen-bond acceptors (Lipinski definition) is 3. The highest BCUT2D eigenvalue weighted by Gasteiger charge is 2.29. The van der Waals surface area contributed by atoms with Crippen molar-refractivity contribution in [2.75, 3.05) is 18.1 Å². The van der Waals surface area contributed by atoms with Crippen LogP contribution in [0, 0.1) is 17.6 Å². The molecule has 1 aromatic rings. The minimum absolute atomic E-state index is 0.0309. The second-order valence-electron chi connectivity index (χ2n) is 4.79. The third kappa shape index (κ3) is 2.87. The molecule has 18 heavy (non-hydrogen) atoms. The molecule has 1 heterocycles. The lowest BCUT2D eigenvalue weighted by Gasteiger charge is -2.16. The largest absolute Gasteiger partial charge is 0.309 e. The molecule has 0 radical (unpaired) electrons. The van der Waals surface area contributed by atoms with E-state index in [-0.39, 0.29) is 23.0 Å². The minimum atomic E-state index is -3.25. The van der Waals surface area contributed by atoms with Crippen LogP contribution in [0.25, 0.3) is 0 Å². The zero-order chi connectivity index (χ0) is 13.3. The quantitative estimate of drug-likeness (QED) is 0.848. The van der Waals surface area contributed by atoms with Gasteiger partial charge in [-0.15, -0.1) is 0 Å². The highest BCUT2D eigenvalue weighted by atomic mass is 32.2. The van der Waals surface area contributed by atoms with Crippen LogP contribution >= 0.6 is 0 Å². The van der Waals surface area contributed by atoms with Crippen LogP contribution < -0.4 is 5.32 Å². The Kier molecular flexibility index (Phi) is 3.68. The highest BCUT2D eigenvalue weighted by Crippen LogP contribution is 2.23. The van der Waals surface area contributed by atoms with E-state index in [0.717, 1.165) is 6.07 Å². The van der Waals surface area contributed by atoms with Gasteiger partial charge in [-0.3, -0.25) is 0 Å². The van der Waals surface area contributed by atoms with Gasteiger partial charge in [-0.25, -0.2) is 17.2 Å². The Labute approximate surface area is 105 Å². The topological polar surface area (TPSA) is 46.2 Å². The van der Waals surface area contributed by atoms with Crippen molar-refractivity contribution >= 4 is 9.84 Å². The van der Waals surface area contributed by atoms with Crippen molar-refractivity contribution in [2.45, 2.75) is 13.0 Å². The van der Waals surface area contributed by atoms with Gasteiger partial charge in [-0.05, 0) is 18.5 Å². The fraction of sp³-hybridized carbons (Fsp3) is 0.500. The first-order valence-electron chi connectivity index (χ1n) is 5.77. The maximum absolute atomic E-state index is 13.7. The Bertz CT molecular complexity index is 545.